The fourth-order valence-corrected chi connectivity index (χ4v) is 2.21. The molecule has 2 N–H and O–H groups in total. The summed E-state index contributed by atoms with van der Waals surface area (Å²) in [6.07, 6.45) is 0.852. The zero-order chi connectivity index (χ0) is 15.2. The molecule has 4 heteroatoms. The summed E-state index contributed by atoms with van der Waals surface area (Å²) in [4.78, 5) is 0. The predicted molar refractivity (Wildman–Crippen MR) is 81.2 cm³/mol. The highest BCUT2D eigenvalue weighted by Gasteiger charge is 2.10. The van der Waals surface area contributed by atoms with Crippen LogP contribution in [0.5, 0.6) is 11.5 Å². The molecule has 0 amide bonds. The van der Waals surface area contributed by atoms with Crippen LogP contribution >= 0.6 is 0 Å². The lowest BCUT2D eigenvalue weighted by Crippen LogP contribution is -2.21. The van der Waals surface area contributed by atoms with Gasteiger partial charge in [-0.15, -0.1) is 0 Å². The predicted octanol–water partition coefficient (Wildman–Crippen LogP) is 3.43. The number of methoxy groups -OCH3 is 1. The first-order valence-electron chi connectivity index (χ1n) is 6.95. The van der Waals surface area contributed by atoms with Crippen molar-refractivity contribution in [2.75, 3.05) is 13.7 Å². The highest BCUT2D eigenvalue weighted by Crippen LogP contribution is 2.24. The van der Waals surface area contributed by atoms with E-state index >= 15 is 0 Å². The fourth-order valence-electron chi connectivity index (χ4n) is 2.21. The third-order valence-corrected chi connectivity index (χ3v) is 3.48. The van der Waals surface area contributed by atoms with Gasteiger partial charge < -0.3 is 15.2 Å². The Morgan fingerprint density at radius 3 is 2.57 bits per heavy atom. The fraction of sp³-hybridized carbons (Fsp3) is 0.294. The monoisotopic (exact) mass is 289 g/mol. The number of halogens is 1. The molecule has 0 aliphatic rings. The van der Waals surface area contributed by atoms with Gasteiger partial charge in [-0.05, 0) is 55.8 Å². The first-order valence-corrected chi connectivity index (χ1v) is 6.95. The van der Waals surface area contributed by atoms with Crippen molar-refractivity contribution in [3.8, 4) is 11.5 Å². The number of hydrogen-bond acceptors (Lipinski definition) is 3. The standard InChI is InChI=1S/C17H20FNO2/c1-12(16-11-14(18)5-8-17(16)20)19-10-9-13-3-6-15(21-2)7-4-13/h3-8,11-12,19-20H,9-10H2,1-2H3. The van der Waals surface area contributed by atoms with Gasteiger partial charge in [0.25, 0.3) is 0 Å². The molecule has 112 valence electrons. The Bertz CT molecular complexity index is 584. The van der Waals surface area contributed by atoms with E-state index in [4.69, 9.17) is 4.74 Å². The van der Waals surface area contributed by atoms with Gasteiger partial charge in [0.15, 0.2) is 0 Å². The largest absolute Gasteiger partial charge is 0.508 e. The van der Waals surface area contributed by atoms with E-state index in [-0.39, 0.29) is 17.6 Å². The Hall–Kier alpha value is -2.07. The maximum absolute atomic E-state index is 13.2. The molecule has 0 fully saturated rings. The third-order valence-electron chi connectivity index (χ3n) is 3.48. The maximum Gasteiger partial charge on any atom is 0.123 e. The summed E-state index contributed by atoms with van der Waals surface area (Å²) in [7, 11) is 1.64. The lowest BCUT2D eigenvalue weighted by molar-refractivity contribution is 0.414. The van der Waals surface area contributed by atoms with Gasteiger partial charge in [-0.25, -0.2) is 4.39 Å². The highest BCUT2D eigenvalue weighted by atomic mass is 19.1. The number of rotatable bonds is 6. The molecule has 1 unspecified atom stereocenters. The van der Waals surface area contributed by atoms with Crippen LogP contribution in [0.2, 0.25) is 0 Å². The van der Waals surface area contributed by atoms with Gasteiger partial charge in [0.05, 0.1) is 7.11 Å². The summed E-state index contributed by atoms with van der Waals surface area (Å²) in [5.74, 6) is 0.609. The first kappa shape index (κ1) is 15.3. The van der Waals surface area contributed by atoms with Crippen molar-refractivity contribution in [3.05, 3.63) is 59.4 Å². The number of hydrogen-bond donors (Lipinski definition) is 2. The normalized spacial score (nSPS) is 12.1. The van der Waals surface area contributed by atoms with E-state index in [1.54, 1.807) is 7.11 Å². The van der Waals surface area contributed by atoms with E-state index in [2.05, 4.69) is 5.32 Å². The molecule has 0 aliphatic heterocycles. The van der Waals surface area contributed by atoms with E-state index in [0.717, 1.165) is 18.7 Å². The Labute approximate surface area is 124 Å². The zero-order valence-electron chi connectivity index (χ0n) is 12.3. The van der Waals surface area contributed by atoms with Crippen LogP contribution in [0.3, 0.4) is 0 Å². The number of nitrogens with one attached hydrogen (secondary N) is 1. The number of phenolic OH excluding ortho intramolecular Hbond substituents is 1. The van der Waals surface area contributed by atoms with Crippen molar-refractivity contribution in [2.24, 2.45) is 0 Å². The summed E-state index contributed by atoms with van der Waals surface area (Å²) in [6.45, 7) is 2.64. The van der Waals surface area contributed by atoms with Crippen molar-refractivity contribution in [3.63, 3.8) is 0 Å². The first-order chi connectivity index (χ1) is 10.1. The molecule has 0 saturated heterocycles. The van der Waals surface area contributed by atoms with Crippen molar-refractivity contribution in [2.45, 2.75) is 19.4 Å². The maximum atomic E-state index is 13.2. The van der Waals surface area contributed by atoms with Gasteiger partial charge in [-0.3, -0.25) is 0 Å². The molecule has 0 aliphatic carbocycles. The number of benzene rings is 2. The van der Waals surface area contributed by atoms with Crippen molar-refractivity contribution >= 4 is 0 Å². The Morgan fingerprint density at radius 2 is 1.90 bits per heavy atom. The molecule has 1 atom stereocenters. The van der Waals surface area contributed by atoms with Crippen LogP contribution in [-0.4, -0.2) is 18.8 Å². The summed E-state index contributed by atoms with van der Waals surface area (Å²) in [6, 6.07) is 11.8. The summed E-state index contributed by atoms with van der Waals surface area (Å²) >= 11 is 0. The lowest BCUT2D eigenvalue weighted by Gasteiger charge is -2.15. The molecule has 2 aromatic carbocycles. The average molecular weight is 289 g/mol. The number of aromatic hydroxyl groups is 1. The quantitative estimate of drug-likeness (QED) is 0.856. The second kappa shape index (κ2) is 7.09. The molecule has 0 aromatic heterocycles. The molecule has 2 aromatic rings. The summed E-state index contributed by atoms with van der Waals surface area (Å²) < 4.78 is 18.3. The molecule has 0 heterocycles. The Kier molecular flexibility index (Phi) is 5.17. The molecule has 0 radical (unpaired) electrons. The summed E-state index contributed by atoms with van der Waals surface area (Å²) in [5, 5.41) is 13.0. The van der Waals surface area contributed by atoms with Gasteiger partial charge >= 0.3 is 0 Å². The average Bonchev–Trinajstić information content (AvgIpc) is 2.50. The Morgan fingerprint density at radius 1 is 1.19 bits per heavy atom. The van der Waals surface area contributed by atoms with Crippen LogP contribution in [0.15, 0.2) is 42.5 Å². The van der Waals surface area contributed by atoms with Crippen LogP contribution in [-0.2, 0) is 6.42 Å². The van der Waals surface area contributed by atoms with Gasteiger partial charge in [-0.1, -0.05) is 12.1 Å². The molecule has 0 spiro atoms. The van der Waals surface area contributed by atoms with Gasteiger partial charge in [0, 0.05) is 11.6 Å². The molecular formula is C17H20FNO2. The molecule has 3 nitrogen and oxygen atoms in total. The van der Waals surface area contributed by atoms with Crippen LogP contribution in [0.1, 0.15) is 24.1 Å². The molecular weight excluding hydrogens is 269 g/mol. The van der Waals surface area contributed by atoms with E-state index in [0.29, 0.717) is 5.56 Å². The van der Waals surface area contributed by atoms with Crippen LogP contribution in [0, 0.1) is 5.82 Å². The van der Waals surface area contributed by atoms with Crippen molar-refractivity contribution in [1.82, 2.24) is 5.32 Å². The second-order valence-electron chi connectivity index (χ2n) is 4.98. The molecule has 0 bridgehead atoms. The Balaban J connectivity index is 1.88. The van der Waals surface area contributed by atoms with Gasteiger partial charge in [-0.2, -0.15) is 0 Å². The van der Waals surface area contributed by atoms with E-state index in [1.165, 1.54) is 23.8 Å². The summed E-state index contributed by atoms with van der Waals surface area (Å²) in [5.41, 5.74) is 1.77. The number of phenols is 1. The minimum atomic E-state index is -0.341. The highest BCUT2D eigenvalue weighted by molar-refractivity contribution is 5.35. The SMILES string of the molecule is COc1ccc(CCNC(C)c2cc(F)ccc2O)cc1. The minimum Gasteiger partial charge on any atom is -0.508 e. The zero-order valence-corrected chi connectivity index (χ0v) is 12.3. The van der Waals surface area contributed by atoms with E-state index in [9.17, 15) is 9.50 Å². The molecule has 2 rings (SSSR count). The lowest BCUT2D eigenvalue weighted by atomic mass is 10.1. The van der Waals surface area contributed by atoms with Crippen LogP contribution in [0.4, 0.5) is 4.39 Å². The van der Waals surface area contributed by atoms with E-state index < -0.39 is 0 Å². The van der Waals surface area contributed by atoms with Crippen LogP contribution in [0.25, 0.3) is 0 Å². The minimum absolute atomic E-state index is 0.112. The van der Waals surface area contributed by atoms with Crippen molar-refractivity contribution in [1.29, 1.82) is 0 Å². The second-order valence-corrected chi connectivity index (χ2v) is 4.98. The molecule has 0 saturated carbocycles. The smallest absolute Gasteiger partial charge is 0.123 e. The van der Waals surface area contributed by atoms with Gasteiger partial charge in [0.1, 0.15) is 17.3 Å². The van der Waals surface area contributed by atoms with Crippen molar-refractivity contribution < 1.29 is 14.2 Å². The van der Waals surface area contributed by atoms with E-state index in [1.807, 2.05) is 31.2 Å². The van der Waals surface area contributed by atoms with Crippen LogP contribution < -0.4 is 10.1 Å². The number of ether oxygens (including phenoxy) is 1. The topological polar surface area (TPSA) is 41.5 Å². The van der Waals surface area contributed by atoms with Gasteiger partial charge in [0.2, 0.25) is 0 Å². The third kappa shape index (κ3) is 4.20. The molecule has 21 heavy (non-hydrogen) atoms.